The third-order valence-corrected chi connectivity index (χ3v) is 5.98. The molecule has 0 fully saturated rings. The molecule has 0 aliphatic heterocycles. The van der Waals surface area contributed by atoms with Gasteiger partial charge in [0.2, 0.25) is 10.0 Å². The lowest BCUT2D eigenvalue weighted by Crippen LogP contribution is -2.29. The molecule has 0 atom stereocenters. The topological polar surface area (TPSA) is 66.5 Å². The minimum absolute atomic E-state index is 0.101. The summed E-state index contributed by atoms with van der Waals surface area (Å²) in [5, 5.41) is 2.53. The molecule has 1 N–H and O–H groups in total. The maximum Gasteiger partial charge on any atom is 0.255 e. The van der Waals surface area contributed by atoms with Gasteiger partial charge in [0.1, 0.15) is 5.82 Å². The number of halogens is 1. The highest BCUT2D eigenvalue weighted by molar-refractivity contribution is 7.92. The number of carbonyl (C=O) groups is 1. The highest BCUT2D eigenvalue weighted by atomic mass is 32.2. The second-order valence-corrected chi connectivity index (χ2v) is 9.08. The van der Waals surface area contributed by atoms with E-state index in [0.29, 0.717) is 11.3 Å². The van der Waals surface area contributed by atoms with Crippen molar-refractivity contribution in [3.8, 4) is 0 Å². The summed E-state index contributed by atoms with van der Waals surface area (Å²) in [6.45, 7) is 4.04. The van der Waals surface area contributed by atoms with Crippen LogP contribution in [0.1, 0.15) is 27.0 Å². The zero-order valence-corrected chi connectivity index (χ0v) is 17.8. The first-order valence-electron chi connectivity index (χ1n) is 9.35. The molecule has 30 heavy (non-hydrogen) atoms. The van der Waals surface area contributed by atoms with Crippen molar-refractivity contribution in [2.75, 3.05) is 15.9 Å². The molecule has 3 aromatic rings. The van der Waals surface area contributed by atoms with Gasteiger partial charge >= 0.3 is 0 Å². The van der Waals surface area contributed by atoms with Crippen molar-refractivity contribution in [1.29, 1.82) is 0 Å². The van der Waals surface area contributed by atoms with Gasteiger partial charge in [0, 0.05) is 5.56 Å². The molecule has 5 nitrogen and oxygen atoms in total. The van der Waals surface area contributed by atoms with Crippen molar-refractivity contribution in [3.63, 3.8) is 0 Å². The Morgan fingerprint density at radius 2 is 1.63 bits per heavy atom. The van der Waals surface area contributed by atoms with Crippen LogP contribution in [0.4, 0.5) is 15.8 Å². The van der Waals surface area contributed by atoms with Crippen LogP contribution in [0.2, 0.25) is 0 Å². The second kappa shape index (κ2) is 8.67. The molecule has 0 bridgehead atoms. The van der Waals surface area contributed by atoms with Gasteiger partial charge in [-0.05, 0) is 66.9 Å². The molecule has 0 spiro atoms. The second-order valence-electron chi connectivity index (χ2n) is 7.17. The summed E-state index contributed by atoms with van der Waals surface area (Å²) in [7, 11) is -3.51. The van der Waals surface area contributed by atoms with E-state index >= 15 is 0 Å². The molecule has 0 aliphatic rings. The monoisotopic (exact) mass is 426 g/mol. The van der Waals surface area contributed by atoms with E-state index in [1.165, 1.54) is 22.7 Å². The summed E-state index contributed by atoms with van der Waals surface area (Å²) in [5.74, 6) is -0.958. The van der Waals surface area contributed by atoms with Crippen molar-refractivity contribution < 1.29 is 17.6 Å². The van der Waals surface area contributed by atoms with E-state index in [4.69, 9.17) is 0 Å². The summed E-state index contributed by atoms with van der Waals surface area (Å²) >= 11 is 0. The third-order valence-electron chi connectivity index (χ3n) is 4.84. The Hall–Kier alpha value is -3.19. The summed E-state index contributed by atoms with van der Waals surface area (Å²) in [4.78, 5) is 12.4. The average molecular weight is 427 g/mol. The van der Waals surface area contributed by atoms with E-state index in [1.807, 2.05) is 26.0 Å². The summed E-state index contributed by atoms with van der Waals surface area (Å²) in [6.07, 6.45) is 1.17. The van der Waals surface area contributed by atoms with Crippen molar-refractivity contribution in [2.45, 2.75) is 20.4 Å². The fourth-order valence-corrected chi connectivity index (χ4v) is 3.85. The number of hydrogen-bond donors (Lipinski definition) is 1. The van der Waals surface area contributed by atoms with Crippen LogP contribution in [0.25, 0.3) is 0 Å². The van der Waals surface area contributed by atoms with Crippen molar-refractivity contribution in [3.05, 3.63) is 94.8 Å². The summed E-state index contributed by atoms with van der Waals surface area (Å²) in [5.41, 5.74) is 3.84. The first kappa shape index (κ1) is 21.5. The van der Waals surface area contributed by atoms with E-state index < -0.39 is 21.7 Å². The van der Waals surface area contributed by atoms with Gasteiger partial charge in [-0.3, -0.25) is 9.10 Å². The third kappa shape index (κ3) is 5.04. The van der Waals surface area contributed by atoms with Crippen molar-refractivity contribution >= 4 is 27.3 Å². The lowest BCUT2D eigenvalue weighted by atomic mass is 10.1. The van der Waals surface area contributed by atoms with E-state index in [0.717, 1.165) is 16.7 Å². The molecule has 0 heterocycles. The van der Waals surface area contributed by atoms with Crippen molar-refractivity contribution in [2.24, 2.45) is 0 Å². The normalized spacial score (nSPS) is 11.2. The van der Waals surface area contributed by atoms with Crippen LogP contribution < -0.4 is 9.62 Å². The molecule has 156 valence electrons. The van der Waals surface area contributed by atoms with E-state index in [1.54, 1.807) is 42.5 Å². The number of nitrogens with zero attached hydrogens (tertiary/aromatic N) is 1. The number of carbonyl (C=O) groups excluding carboxylic acids is 1. The smallest absolute Gasteiger partial charge is 0.255 e. The van der Waals surface area contributed by atoms with Gasteiger partial charge in [-0.25, -0.2) is 12.8 Å². The van der Waals surface area contributed by atoms with E-state index in [-0.39, 0.29) is 12.2 Å². The molecule has 7 heteroatoms. The molecule has 0 unspecified atom stereocenters. The van der Waals surface area contributed by atoms with Gasteiger partial charge in [-0.1, -0.05) is 30.3 Å². The van der Waals surface area contributed by atoms with Gasteiger partial charge in [-0.2, -0.15) is 0 Å². The largest absolute Gasteiger partial charge is 0.319 e. The number of nitrogens with one attached hydrogen (secondary N) is 1. The number of hydrogen-bond acceptors (Lipinski definition) is 3. The highest BCUT2D eigenvalue weighted by Gasteiger charge is 2.19. The number of sulfonamides is 1. The molecule has 0 radical (unpaired) electrons. The lowest BCUT2D eigenvalue weighted by Gasteiger charge is -2.23. The molecule has 3 aromatic carbocycles. The van der Waals surface area contributed by atoms with Gasteiger partial charge < -0.3 is 5.32 Å². The van der Waals surface area contributed by atoms with Gasteiger partial charge in [-0.15, -0.1) is 0 Å². The van der Waals surface area contributed by atoms with Crippen LogP contribution in [-0.2, 0) is 16.6 Å². The molecule has 1 amide bonds. The van der Waals surface area contributed by atoms with Crippen LogP contribution in [0.3, 0.4) is 0 Å². The zero-order chi connectivity index (χ0) is 21.9. The van der Waals surface area contributed by atoms with E-state index in [2.05, 4.69) is 5.32 Å². The first-order chi connectivity index (χ1) is 14.1. The number of aryl methyl sites for hydroxylation is 2. The van der Waals surface area contributed by atoms with Gasteiger partial charge in [0.25, 0.3) is 5.91 Å². The van der Waals surface area contributed by atoms with E-state index in [9.17, 15) is 17.6 Å². The summed E-state index contributed by atoms with van der Waals surface area (Å²) in [6, 6.07) is 18.0. The Balaban J connectivity index is 1.79. The predicted octanol–water partition coefficient (Wildman–Crippen LogP) is 4.66. The number of benzene rings is 3. The Labute approximate surface area is 176 Å². The molecule has 0 saturated carbocycles. The predicted molar refractivity (Wildman–Crippen MR) is 118 cm³/mol. The minimum atomic E-state index is -3.51. The Kier molecular flexibility index (Phi) is 6.22. The Morgan fingerprint density at radius 3 is 2.23 bits per heavy atom. The fourth-order valence-electron chi connectivity index (χ4n) is 2.97. The average Bonchev–Trinajstić information content (AvgIpc) is 2.69. The molecular weight excluding hydrogens is 403 g/mol. The minimum Gasteiger partial charge on any atom is -0.319 e. The van der Waals surface area contributed by atoms with Crippen LogP contribution in [-0.4, -0.2) is 20.6 Å². The Bertz CT molecular complexity index is 1180. The molecule has 0 aliphatic carbocycles. The first-order valence-corrected chi connectivity index (χ1v) is 11.2. The standard InChI is InChI=1S/C23H23FN2O3S/c1-16-8-13-20(14-17(16)2)26(30(3,28)29)15-18-9-11-19(12-10-18)23(27)25-22-7-5-4-6-21(22)24/h4-14H,15H2,1-3H3,(H,25,27). The number of rotatable bonds is 6. The molecular formula is C23H23FN2O3S. The quantitative estimate of drug-likeness (QED) is 0.623. The summed E-state index contributed by atoms with van der Waals surface area (Å²) < 4.78 is 39.8. The highest BCUT2D eigenvalue weighted by Crippen LogP contribution is 2.24. The van der Waals surface area contributed by atoms with Crippen molar-refractivity contribution in [1.82, 2.24) is 0 Å². The number of para-hydroxylation sites is 1. The molecule has 0 saturated heterocycles. The maximum atomic E-state index is 13.7. The molecule has 3 rings (SSSR count). The number of amides is 1. The fraction of sp³-hybridized carbons (Fsp3) is 0.174. The number of anilines is 2. The van der Waals surface area contributed by atoms with Gasteiger partial charge in [0.05, 0.1) is 24.2 Å². The lowest BCUT2D eigenvalue weighted by molar-refractivity contribution is 0.102. The van der Waals surface area contributed by atoms with Gasteiger partial charge in [0.15, 0.2) is 0 Å². The van der Waals surface area contributed by atoms with Crippen LogP contribution >= 0.6 is 0 Å². The Morgan fingerprint density at radius 1 is 0.967 bits per heavy atom. The van der Waals surface area contributed by atoms with Crippen LogP contribution in [0, 0.1) is 19.7 Å². The van der Waals surface area contributed by atoms with Crippen LogP contribution in [0.5, 0.6) is 0 Å². The van der Waals surface area contributed by atoms with Crippen LogP contribution in [0.15, 0.2) is 66.7 Å². The maximum absolute atomic E-state index is 13.7. The SMILES string of the molecule is Cc1ccc(N(Cc2ccc(C(=O)Nc3ccccc3F)cc2)S(C)(=O)=O)cc1C. The molecule has 0 aromatic heterocycles. The zero-order valence-electron chi connectivity index (χ0n) is 17.0.